The van der Waals surface area contributed by atoms with E-state index in [-0.39, 0.29) is 12.4 Å². The molecule has 0 radical (unpaired) electrons. The molecule has 0 saturated carbocycles. The van der Waals surface area contributed by atoms with Crippen LogP contribution in [0.3, 0.4) is 0 Å². The molecule has 0 fully saturated rings. The van der Waals surface area contributed by atoms with Crippen LogP contribution >= 0.6 is 0 Å². The second kappa shape index (κ2) is 4.21. The van der Waals surface area contributed by atoms with Gasteiger partial charge in [0, 0.05) is 6.61 Å². The zero-order chi connectivity index (χ0) is 8.97. The Hall–Kier alpha value is -0.890. The summed E-state index contributed by atoms with van der Waals surface area (Å²) in [5.74, 6) is -0.194. The first-order valence-corrected chi connectivity index (χ1v) is 4.10. The third-order valence-corrected chi connectivity index (χ3v) is 1.91. The first-order valence-electron chi connectivity index (χ1n) is 4.10. The molecule has 1 aromatic rings. The van der Waals surface area contributed by atoms with Crippen molar-refractivity contribution in [3.8, 4) is 0 Å². The Morgan fingerprint density at radius 3 is 2.75 bits per heavy atom. The van der Waals surface area contributed by atoms with Gasteiger partial charge in [0.1, 0.15) is 5.82 Å². The van der Waals surface area contributed by atoms with E-state index in [4.69, 9.17) is 5.11 Å². The summed E-state index contributed by atoms with van der Waals surface area (Å²) in [6.45, 7) is 2.08. The van der Waals surface area contributed by atoms with E-state index in [1.807, 2.05) is 6.92 Å². The monoisotopic (exact) mass is 168 g/mol. The number of aliphatic hydroxyl groups is 1. The van der Waals surface area contributed by atoms with Crippen LogP contribution in [-0.2, 0) is 6.42 Å². The molecule has 0 atom stereocenters. The molecule has 0 aliphatic heterocycles. The highest BCUT2D eigenvalue weighted by molar-refractivity contribution is 5.26. The van der Waals surface area contributed by atoms with Gasteiger partial charge in [-0.3, -0.25) is 0 Å². The van der Waals surface area contributed by atoms with Crippen molar-refractivity contribution in [3.05, 3.63) is 35.1 Å². The van der Waals surface area contributed by atoms with Gasteiger partial charge in [0.05, 0.1) is 0 Å². The molecule has 66 valence electrons. The Labute approximate surface area is 71.9 Å². The molecule has 1 rings (SSSR count). The molecule has 0 spiro atoms. The van der Waals surface area contributed by atoms with E-state index in [0.717, 1.165) is 24.0 Å². The minimum absolute atomic E-state index is 0.191. The van der Waals surface area contributed by atoms with Gasteiger partial charge in [-0.1, -0.05) is 6.07 Å². The molecule has 0 aliphatic carbocycles. The second-order valence-corrected chi connectivity index (χ2v) is 2.90. The smallest absolute Gasteiger partial charge is 0.123 e. The number of aliphatic hydroxyl groups excluding tert-OH is 1. The third-order valence-electron chi connectivity index (χ3n) is 1.91. The minimum Gasteiger partial charge on any atom is -0.396 e. The SMILES string of the molecule is Cc1cc(F)ccc1CCCO. The first-order chi connectivity index (χ1) is 5.74. The van der Waals surface area contributed by atoms with Crippen LogP contribution in [0.4, 0.5) is 4.39 Å². The molecule has 1 N–H and O–H groups in total. The van der Waals surface area contributed by atoms with Crippen molar-refractivity contribution in [1.29, 1.82) is 0 Å². The van der Waals surface area contributed by atoms with Crippen LogP contribution in [0, 0.1) is 12.7 Å². The van der Waals surface area contributed by atoms with E-state index in [0.29, 0.717) is 0 Å². The van der Waals surface area contributed by atoms with Crippen molar-refractivity contribution in [3.63, 3.8) is 0 Å². The fourth-order valence-electron chi connectivity index (χ4n) is 1.21. The summed E-state index contributed by atoms with van der Waals surface area (Å²) in [6, 6.07) is 4.76. The van der Waals surface area contributed by atoms with Crippen LogP contribution in [0.2, 0.25) is 0 Å². The molecule has 0 bridgehead atoms. The lowest BCUT2D eigenvalue weighted by Gasteiger charge is -2.03. The predicted molar refractivity (Wildman–Crippen MR) is 46.5 cm³/mol. The summed E-state index contributed by atoms with van der Waals surface area (Å²) in [5, 5.41) is 8.60. The van der Waals surface area contributed by atoms with Crippen molar-refractivity contribution in [2.24, 2.45) is 0 Å². The van der Waals surface area contributed by atoms with Gasteiger partial charge in [-0.25, -0.2) is 4.39 Å². The van der Waals surface area contributed by atoms with Gasteiger partial charge in [-0.05, 0) is 43.0 Å². The summed E-state index contributed by atoms with van der Waals surface area (Å²) in [7, 11) is 0. The average molecular weight is 168 g/mol. The zero-order valence-electron chi connectivity index (χ0n) is 7.18. The summed E-state index contributed by atoms with van der Waals surface area (Å²) in [4.78, 5) is 0. The highest BCUT2D eigenvalue weighted by atomic mass is 19.1. The fraction of sp³-hybridized carbons (Fsp3) is 0.400. The molecule has 0 aromatic heterocycles. The maximum Gasteiger partial charge on any atom is 0.123 e. The van der Waals surface area contributed by atoms with Crippen LogP contribution in [0.15, 0.2) is 18.2 Å². The molecular weight excluding hydrogens is 155 g/mol. The van der Waals surface area contributed by atoms with Crippen molar-refractivity contribution in [2.75, 3.05) is 6.61 Å². The standard InChI is InChI=1S/C10H13FO/c1-8-7-10(11)5-4-9(8)3-2-6-12/h4-5,7,12H,2-3,6H2,1H3. The Morgan fingerprint density at radius 1 is 1.42 bits per heavy atom. The Bertz CT molecular complexity index is 258. The molecule has 1 aromatic carbocycles. The van der Waals surface area contributed by atoms with Gasteiger partial charge in [0.2, 0.25) is 0 Å². The van der Waals surface area contributed by atoms with E-state index in [1.54, 1.807) is 6.07 Å². The summed E-state index contributed by atoms with van der Waals surface area (Å²) in [6.07, 6.45) is 1.56. The molecule has 2 heteroatoms. The highest BCUT2D eigenvalue weighted by Gasteiger charge is 1.98. The van der Waals surface area contributed by atoms with E-state index >= 15 is 0 Å². The van der Waals surface area contributed by atoms with E-state index in [2.05, 4.69) is 0 Å². The molecule has 0 amide bonds. The molecule has 0 heterocycles. The number of hydrogen-bond acceptors (Lipinski definition) is 1. The molecule has 1 nitrogen and oxygen atoms in total. The van der Waals surface area contributed by atoms with Gasteiger partial charge < -0.3 is 5.11 Å². The number of benzene rings is 1. The van der Waals surface area contributed by atoms with Gasteiger partial charge >= 0.3 is 0 Å². The van der Waals surface area contributed by atoms with Gasteiger partial charge in [0.15, 0.2) is 0 Å². The summed E-state index contributed by atoms with van der Waals surface area (Å²) >= 11 is 0. The van der Waals surface area contributed by atoms with E-state index in [1.165, 1.54) is 12.1 Å². The third kappa shape index (κ3) is 2.31. The van der Waals surface area contributed by atoms with Gasteiger partial charge in [-0.15, -0.1) is 0 Å². The lowest BCUT2D eigenvalue weighted by Crippen LogP contribution is -1.93. The largest absolute Gasteiger partial charge is 0.396 e. The fourth-order valence-corrected chi connectivity index (χ4v) is 1.21. The van der Waals surface area contributed by atoms with Crippen molar-refractivity contribution >= 4 is 0 Å². The van der Waals surface area contributed by atoms with Crippen LogP contribution < -0.4 is 0 Å². The van der Waals surface area contributed by atoms with Crippen LogP contribution in [0.1, 0.15) is 17.5 Å². The minimum atomic E-state index is -0.194. The van der Waals surface area contributed by atoms with Crippen LogP contribution in [0.5, 0.6) is 0 Å². The normalized spacial score (nSPS) is 10.2. The average Bonchev–Trinajstić information content (AvgIpc) is 2.03. The maximum atomic E-state index is 12.6. The first kappa shape index (κ1) is 9.20. The Kier molecular flexibility index (Phi) is 3.23. The van der Waals surface area contributed by atoms with Gasteiger partial charge in [0.25, 0.3) is 0 Å². The predicted octanol–water partition coefficient (Wildman–Crippen LogP) is 2.06. The lowest BCUT2D eigenvalue weighted by atomic mass is 10.0. The zero-order valence-corrected chi connectivity index (χ0v) is 7.18. The molecule has 12 heavy (non-hydrogen) atoms. The topological polar surface area (TPSA) is 20.2 Å². The Balaban J connectivity index is 2.72. The molecule has 0 saturated heterocycles. The Morgan fingerprint density at radius 2 is 2.17 bits per heavy atom. The molecular formula is C10H13FO. The highest BCUT2D eigenvalue weighted by Crippen LogP contribution is 2.11. The second-order valence-electron chi connectivity index (χ2n) is 2.90. The number of halogens is 1. The number of rotatable bonds is 3. The van der Waals surface area contributed by atoms with Crippen LogP contribution in [0.25, 0.3) is 0 Å². The van der Waals surface area contributed by atoms with E-state index in [9.17, 15) is 4.39 Å². The molecule has 0 unspecified atom stereocenters. The van der Waals surface area contributed by atoms with Gasteiger partial charge in [-0.2, -0.15) is 0 Å². The lowest BCUT2D eigenvalue weighted by molar-refractivity contribution is 0.288. The maximum absolute atomic E-state index is 12.6. The number of hydrogen-bond donors (Lipinski definition) is 1. The number of aryl methyl sites for hydroxylation is 2. The summed E-state index contributed by atoms with van der Waals surface area (Å²) in [5.41, 5.74) is 2.08. The van der Waals surface area contributed by atoms with Crippen LogP contribution in [-0.4, -0.2) is 11.7 Å². The van der Waals surface area contributed by atoms with E-state index < -0.39 is 0 Å². The summed E-state index contributed by atoms with van der Waals surface area (Å²) < 4.78 is 12.6. The molecule has 0 aliphatic rings. The van der Waals surface area contributed by atoms with Crippen molar-refractivity contribution < 1.29 is 9.50 Å². The van der Waals surface area contributed by atoms with Crippen molar-refractivity contribution in [2.45, 2.75) is 19.8 Å². The quantitative estimate of drug-likeness (QED) is 0.732. The van der Waals surface area contributed by atoms with Crippen molar-refractivity contribution in [1.82, 2.24) is 0 Å².